The lowest BCUT2D eigenvalue weighted by Gasteiger charge is -1.91. The van der Waals surface area contributed by atoms with Crippen LogP contribution in [0.25, 0.3) is 0 Å². The maximum absolute atomic E-state index is 3.66. The summed E-state index contributed by atoms with van der Waals surface area (Å²) in [4.78, 5) is 0. The smallest absolute Gasteiger partial charge is 0.0353 e. The first-order chi connectivity index (χ1) is 6.33. The minimum absolute atomic E-state index is 1.19. The zero-order valence-corrected chi connectivity index (χ0v) is 9.94. The molecule has 0 unspecified atom stereocenters. The van der Waals surface area contributed by atoms with Crippen LogP contribution in [0.3, 0.4) is 0 Å². The molecule has 0 spiro atoms. The van der Waals surface area contributed by atoms with Crippen LogP contribution in [0.2, 0.25) is 0 Å². The second-order valence-electron chi connectivity index (χ2n) is 3.49. The molecule has 0 aromatic rings. The SMILES string of the molecule is C=CCCCCCC.CCCCC. The van der Waals surface area contributed by atoms with E-state index in [9.17, 15) is 0 Å². The highest BCUT2D eigenvalue weighted by Crippen LogP contribution is 2.01. The summed E-state index contributed by atoms with van der Waals surface area (Å²) in [7, 11) is 0. The summed E-state index contributed by atoms with van der Waals surface area (Å²) in [5, 5.41) is 0. The predicted octanol–water partition coefficient (Wildman–Crippen LogP) is 5.34. The van der Waals surface area contributed by atoms with Gasteiger partial charge < -0.3 is 0 Å². The molecule has 0 amide bonds. The quantitative estimate of drug-likeness (QED) is 0.370. The van der Waals surface area contributed by atoms with Crippen LogP contribution in [0, 0.1) is 0 Å². The summed E-state index contributed by atoms with van der Waals surface area (Å²) in [6, 6.07) is 0. The summed E-state index contributed by atoms with van der Waals surface area (Å²) in [6.45, 7) is 10.3. The Kier molecular flexibility index (Phi) is 20.8. The fourth-order valence-corrected chi connectivity index (χ4v) is 1.07. The molecule has 0 fully saturated rings. The monoisotopic (exact) mass is 184 g/mol. The van der Waals surface area contributed by atoms with Gasteiger partial charge in [-0.25, -0.2) is 0 Å². The number of hydrogen-bond acceptors (Lipinski definition) is 0. The zero-order chi connectivity index (χ0) is 10.4. The highest BCUT2D eigenvalue weighted by atomic mass is 13.9. The molecule has 0 bridgehead atoms. The lowest BCUT2D eigenvalue weighted by atomic mass is 10.2. The average molecular weight is 184 g/mol. The second-order valence-corrected chi connectivity index (χ2v) is 3.49. The molecular weight excluding hydrogens is 156 g/mol. The van der Waals surface area contributed by atoms with Crippen LogP contribution in [0.4, 0.5) is 0 Å². The van der Waals surface area contributed by atoms with Crippen molar-refractivity contribution >= 4 is 0 Å². The molecule has 0 N–H and O–H groups in total. The Morgan fingerprint density at radius 3 is 1.62 bits per heavy atom. The van der Waals surface area contributed by atoms with Gasteiger partial charge in [-0.3, -0.25) is 0 Å². The third-order valence-corrected chi connectivity index (χ3v) is 1.97. The van der Waals surface area contributed by atoms with Gasteiger partial charge >= 0.3 is 0 Å². The molecule has 0 heterocycles. The van der Waals surface area contributed by atoms with Crippen LogP contribution in [0.5, 0.6) is 0 Å². The molecule has 0 nitrogen and oxygen atoms in total. The van der Waals surface area contributed by atoms with E-state index < -0.39 is 0 Å². The molecule has 0 saturated heterocycles. The average Bonchev–Trinajstić information content (AvgIpc) is 2.15. The highest BCUT2D eigenvalue weighted by Gasteiger charge is 1.81. The van der Waals surface area contributed by atoms with Gasteiger partial charge in [-0.05, 0) is 12.8 Å². The Hall–Kier alpha value is -0.260. The van der Waals surface area contributed by atoms with Crippen LogP contribution in [0.15, 0.2) is 12.7 Å². The highest BCUT2D eigenvalue weighted by molar-refractivity contribution is 4.64. The minimum atomic E-state index is 1.19. The minimum Gasteiger partial charge on any atom is -0.103 e. The van der Waals surface area contributed by atoms with Crippen molar-refractivity contribution < 1.29 is 0 Å². The van der Waals surface area contributed by atoms with Crippen molar-refractivity contribution in [1.29, 1.82) is 0 Å². The summed E-state index contributed by atoms with van der Waals surface area (Å²) >= 11 is 0. The molecule has 0 aliphatic rings. The molecule has 0 aliphatic carbocycles. The van der Waals surface area contributed by atoms with E-state index in [-0.39, 0.29) is 0 Å². The summed E-state index contributed by atoms with van der Waals surface area (Å²) in [5.74, 6) is 0. The normalized spacial score (nSPS) is 8.85. The molecule has 0 aromatic carbocycles. The number of rotatable bonds is 7. The number of hydrogen-bond donors (Lipinski definition) is 0. The van der Waals surface area contributed by atoms with E-state index in [1.165, 1.54) is 51.4 Å². The molecule has 13 heavy (non-hydrogen) atoms. The predicted molar refractivity (Wildman–Crippen MR) is 64.2 cm³/mol. The van der Waals surface area contributed by atoms with E-state index in [1.54, 1.807) is 0 Å². The number of allylic oxidation sites excluding steroid dienone is 1. The standard InChI is InChI=1S/C8H16.C5H12/c1-3-5-7-8-6-4-2;1-3-5-4-2/h3H,1,4-8H2,2H3;3-5H2,1-2H3. The molecule has 80 valence electrons. The van der Waals surface area contributed by atoms with Crippen LogP contribution in [-0.4, -0.2) is 0 Å². The molecule has 0 rings (SSSR count). The van der Waals surface area contributed by atoms with Crippen LogP contribution in [-0.2, 0) is 0 Å². The molecule has 0 aromatic heterocycles. The Bertz CT molecular complexity index is 72.1. The first-order valence-electron chi connectivity index (χ1n) is 5.94. The Morgan fingerprint density at radius 1 is 0.769 bits per heavy atom. The molecule has 0 heteroatoms. The molecule has 0 atom stereocenters. The maximum atomic E-state index is 3.66. The number of unbranched alkanes of at least 4 members (excludes halogenated alkanes) is 6. The van der Waals surface area contributed by atoms with Gasteiger partial charge in [-0.2, -0.15) is 0 Å². The molecule has 0 aliphatic heterocycles. The van der Waals surface area contributed by atoms with Gasteiger partial charge in [0.25, 0.3) is 0 Å². The van der Waals surface area contributed by atoms with Crippen molar-refractivity contribution in [2.45, 2.75) is 72.1 Å². The maximum Gasteiger partial charge on any atom is -0.0353 e. The summed E-state index contributed by atoms with van der Waals surface area (Å²) in [6.07, 6.45) is 12.7. The van der Waals surface area contributed by atoms with Crippen molar-refractivity contribution in [2.75, 3.05) is 0 Å². The van der Waals surface area contributed by atoms with E-state index >= 15 is 0 Å². The van der Waals surface area contributed by atoms with Gasteiger partial charge in [-0.1, -0.05) is 65.4 Å². The van der Waals surface area contributed by atoms with Gasteiger partial charge in [-0.15, -0.1) is 6.58 Å². The molecule has 0 saturated carbocycles. The van der Waals surface area contributed by atoms with E-state index in [0.29, 0.717) is 0 Å². The third-order valence-electron chi connectivity index (χ3n) is 1.97. The first kappa shape index (κ1) is 15.2. The van der Waals surface area contributed by atoms with Gasteiger partial charge in [0.15, 0.2) is 0 Å². The van der Waals surface area contributed by atoms with Gasteiger partial charge in [0, 0.05) is 0 Å². The van der Waals surface area contributed by atoms with E-state index in [2.05, 4.69) is 27.4 Å². The van der Waals surface area contributed by atoms with Crippen molar-refractivity contribution in [3.8, 4) is 0 Å². The van der Waals surface area contributed by atoms with Crippen LogP contribution < -0.4 is 0 Å². The fourth-order valence-electron chi connectivity index (χ4n) is 1.07. The first-order valence-corrected chi connectivity index (χ1v) is 5.94. The molecule has 0 radical (unpaired) electrons. The van der Waals surface area contributed by atoms with Crippen molar-refractivity contribution in [1.82, 2.24) is 0 Å². The summed E-state index contributed by atoms with van der Waals surface area (Å²) in [5.41, 5.74) is 0. The van der Waals surface area contributed by atoms with E-state index in [0.717, 1.165) is 0 Å². The van der Waals surface area contributed by atoms with E-state index in [4.69, 9.17) is 0 Å². The van der Waals surface area contributed by atoms with Crippen molar-refractivity contribution in [2.24, 2.45) is 0 Å². The lowest BCUT2D eigenvalue weighted by Crippen LogP contribution is -1.71. The van der Waals surface area contributed by atoms with Crippen LogP contribution in [0.1, 0.15) is 72.1 Å². The fraction of sp³-hybridized carbons (Fsp3) is 0.846. The topological polar surface area (TPSA) is 0 Å². The van der Waals surface area contributed by atoms with Crippen molar-refractivity contribution in [3.63, 3.8) is 0 Å². The molecular formula is C13H28. The van der Waals surface area contributed by atoms with Crippen LogP contribution >= 0.6 is 0 Å². The Morgan fingerprint density at radius 2 is 1.31 bits per heavy atom. The zero-order valence-electron chi connectivity index (χ0n) is 9.94. The third kappa shape index (κ3) is 24.5. The lowest BCUT2D eigenvalue weighted by molar-refractivity contribution is 0.675. The Labute approximate surface area is 85.4 Å². The second kappa shape index (κ2) is 17.7. The largest absolute Gasteiger partial charge is 0.103 e. The van der Waals surface area contributed by atoms with Gasteiger partial charge in [0.2, 0.25) is 0 Å². The van der Waals surface area contributed by atoms with Gasteiger partial charge in [0.05, 0.1) is 0 Å². The summed E-state index contributed by atoms with van der Waals surface area (Å²) < 4.78 is 0. The van der Waals surface area contributed by atoms with Crippen molar-refractivity contribution in [3.05, 3.63) is 12.7 Å². The Balaban J connectivity index is 0. The van der Waals surface area contributed by atoms with E-state index in [1.807, 2.05) is 6.08 Å². The van der Waals surface area contributed by atoms with Gasteiger partial charge in [0.1, 0.15) is 0 Å².